The molecule has 20 heavy (non-hydrogen) atoms. The number of nitrogens with zero attached hydrogens (tertiary/aromatic N) is 1. The van der Waals surface area contributed by atoms with Crippen molar-refractivity contribution in [2.24, 2.45) is 0 Å². The van der Waals surface area contributed by atoms with Gasteiger partial charge >= 0.3 is 0 Å². The van der Waals surface area contributed by atoms with Crippen LogP contribution in [0.2, 0.25) is 0 Å². The van der Waals surface area contributed by atoms with Gasteiger partial charge in [0, 0.05) is 13.2 Å². The molecule has 0 radical (unpaired) electrons. The molecule has 0 heterocycles. The van der Waals surface area contributed by atoms with Gasteiger partial charge in [-0.15, -0.1) is 0 Å². The molecule has 0 saturated carbocycles. The Bertz CT molecular complexity index is 497. The van der Waals surface area contributed by atoms with E-state index in [-0.39, 0.29) is 6.04 Å². The van der Waals surface area contributed by atoms with Crippen molar-refractivity contribution in [2.75, 3.05) is 20.8 Å². The third kappa shape index (κ3) is 3.47. The molecular formula is C18H23NO. The molecule has 0 unspecified atom stereocenters. The van der Waals surface area contributed by atoms with Crippen LogP contribution in [0.5, 0.6) is 0 Å². The number of methoxy groups -OCH3 is 1. The van der Waals surface area contributed by atoms with Crippen LogP contribution < -0.4 is 0 Å². The van der Waals surface area contributed by atoms with Gasteiger partial charge in [-0.25, -0.2) is 0 Å². The van der Waals surface area contributed by atoms with E-state index in [0.29, 0.717) is 12.6 Å². The second-order valence-electron chi connectivity index (χ2n) is 5.13. The number of ether oxygens (including phenoxy) is 1. The van der Waals surface area contributed by atoms with Crippen molar-refractivity contribution in [3.63, 3.8) is 0 Å². The summed E-state index contributed by atoms with van der Waals surface area (Å²) in [4.78, 5) is 2.37. The topological polar surface area (TPSA) is 12.5 Å². The largest absolute Gasteiger partial charge is 0.383 e. The highest BCUT2D eigenvalue weighted by molar-refractivity contribution is 5.22. The zero-order valence-electron chi connectivity index (χ0n) is 12.5. The molecule has 0 aliphatic carbocycles. The van der Waals surface area contributed by atoms with Gasteiger partial charge in [0.15, 0.2) is 0 Å². The summed E-state index contributed by atoms with van der Waals surface area (Å²) in [6.45, 7) is 2.93. The second kappa shape index (κ2) is 7.22. The van der Waals surface area contributed by atoms with E-state index < -0.39 is 0 Å². The van der Waals surface area contributed by atoms with Crippen LogP contribution in [-0.4, -0.2) is 25.7 Å². The minimum absolute atomic E-state index is 0.261. The first kappa shape index (κ1) is 14.8. The molecule has 2 heteroatoms. The lowest BCUT2D eigenvalue weighted by Crippen LogP contribution is -2.30. The Morgan fingerprint density at radius 1 is 0.900 bits per heavy atom. The van der Waals surface area contributed by atoms with E-state index >= 15 is 0 Å². The Labute approximate surface area is 122 Å². The monoisotopic (exact) mass is 269 g/mol. The van der Waals surface area contributed by atoms with Gasteiger partial charge in [-0.1, -0.05) is 60.7 Å². The van der Waals surface area contributed by atoms with Gasteiger partial charge in [0.2, 0.25) is 0 Å². The molecule has 2 rings (SSSR count). The predicted molar refractivity (Wildman–Crippen MR) is 83.7 cm³/mol. The number of hydrogen-bond acceptors (Lipinski definition) is 2. The summed E-state index contributed by atoms with van der Waals surface area (Å²) in [6.07, 6.45) is 0. The molecule has 0 aromatic heterocycles. The zero-order chi connectivity index (χ0) is 14.4. The van der Waals surface area contributed by atoms with E-state index in [1.165, 1.54) is 11.1 Å². The Balaban J connectivity index is 2.21. The van der Waals surface area contributed by atoms with Gasteiger partial charge in [0.25, 0.3) is 0 Å². The molecule has 0 amide bonds. The highest BCUT2D eigenvalue weighted by atomic mass is 16.5. The average Bonchev–Trinajstić information content (AvgIpc) is 2.53. The van der Waals surface area contributed by atoms with Crippen LogP contribution in [0.4, 0.5) is 0 Å². The number of hydrogen-bond donors (Lipinski definition) is 0. The molecule has 2 aromatic rings. The average molecular weight is 269 g/mol. The van der Waals surface area contributed by atoms with Gasteiger partial charge in [-0.3, -0.25) is 4.90 Å². The maximum Gasteiger partial charge on any atom is 0.0659 e. The van der Waals surface area contributed by atoms with E-state index in [1.54, 1.807) is 7.11 Å². The van der Waals surface area contributed by atoms with Crippen molar-refractivity contribution in [2.45, 2.75) is 19.0 Å². The van der Waals surface area contributed by atoms with E-state index in [1.807, 2.05) is 6.07 Å². The summed E-state index contributed by atoms with van der Waals surface area (Å²) >= 11 is 0. The lowest BCUT2D eigenvalue weighted by molar-refractivity contribution is 0.0841. The molecule has 2 aromatic carbocycles. The summed E-state index contributed by atoms with van der Waals surface area (Å²) in [5.41, 5.74) is 2.62. The molecule has 0 saturated heterocycles. The van der Waals surface area contributed by atoms with E-state index in [0.717, 1.165) is 0 Å². The van der Waals surface area contributed by atoms with Gasteiger partial charge in [0.05, 0.1) is 12.6 Å². The third-order valence-corrected chi connectivity index (χ3v) is 3.89. The van der Waals surface area contributed by atoms with E-state index in [2.05, 4.69) is 73.5 Å². The van der Waals surface area contributed by atoms with Crippen LogP contribution >= 0.6 is 0 Å². The molecule has 2 atom stereocenters. The molecule has 106 valence electrons. The van der Waals surface area contributed by atoms with Gasteiger partial charge in [0.1, 0.15) is 0 Å². The maximum atomic E-state index is 5.42. The van der Waals surface area contributed by atoms with Gasteiger partial charge in [-0.05, 0) is 25.1 Å². The van der Waals surface area contributed by atoms with Crippen molar-refractivity contribution in [1.82, 2.24) is 4.90 Å². The fraction of sp³-hybridized carbons (Fsp3) is 0.333. The third-order valence-electron chi connectivity index (χ3n) is 3.89. The van der Waals surface area contributed by atoms with Gasteiger partial charge in [-0.2, -0.15) is 0 Å². The number of benzene rings is 2. The first-order valence-electron chi connectivity index (χ1n) is 7.04. The van der Waals surface area contributed by atoms with Crippen molar-refractivity contribution in [3.8, 4) is 0 Å². The van der Waals surface area contributed by atoms with Crippen LogP contribution in [0.25, 0.3) is 0 Å². The predicted octanol–water partition coefficient (Wildman–Crippen LogP) is 4.07. The highest BCUT2D eigenvalue weighted by Crippen LogP contribution is 2.28. The van der Waals surface area contributed by atoms with Crippen LogP contribution in [0.15, 0.2) is 60.7 Å². The van der Waals surface area contributed by atoms with Crippen LogP contribution in [0.3, 0.4) is 0 Å². The molecular weight excluding hydrogens is 246 g/mol. The zero-order valence-corrected chi connectivity index (χ0v) is 12.5. The second-order valence-corrected chi connectivity index (χ2v) is 5.13. The van der Waals surface area contributed by atoms with E-state index in [9.17, 15) is 0 Å². The summed E-state index contributed by atoms with van der Waals surface area (Å²) in [5, 5.41) is 0. The fourth-order valence-electron chi connectivity index (χ4n) is 2.52. The van der Waals surface area contributed by atoms with E-state index in [4.69, 9.17) is 4.74 Å². The molecule has 2 nitrogen and oxygen atoms in total. The SMILES string of the molecule is COC[C@@H](c1ccccc1)N(C)[C@H](C)c1ccccc1. The Kier molecular flexibility index (Phi) is 5.33. The molecule has 0 N–H and O–H groups in total. The normalized spacial score (nSPS) is 14.2. The Morgan fingerprint density at radius 3 is 1.90 bits per heavy atom. The van der Waals surface area contributed by atoms with Crippen LogP contribution in [-0.2, 0) is 4.74 Å². The smallest absolute Gasteiger partial charge is 0.0659 e. The highest BCUT2D eigenvalue weighted by Gasteiger charge is 2.22. The molecule has 0 aliphatic rings. The minimum atomic E-state index is 0.261. The fourth-order valence-corrected chi connectivity index (χ4v) is 2.52. The molecule has 0 fully saturated rings. The van der Waals surface area contributed by atoms with Crippen molar-refractivity contribution >= 4 is 0 Å². The minimum Gasteiger partial charge on any atom is -0.383 e. The summed E-state index contributed by atoms with van der Waals surface area (Å²) < 4.78 is 5.42. The summed E-state index contributed by atoms with van der Waals surface area (Å²) in [6, 6.07) is 21.7. The van der Waals surface area contributed by atoms with Crippen LogP contribution in [0, 0.1) is 0 Å². The Morgan fingerprint density at radius 2 is 1.40 bits per heavy atom. The quantitative estimate of drug-likeness (QED) is 0.784. The lowest BCUT2D eigenvalue weighted by atomic mass is 10.0. The summed E-state index contributed by atoms with van der Waals surface area (Å²) in [7, 11) is 3.92. The van der Waals surface area contributed by atoms with Crippen molar-refractivity contribution in [1.29, 1.82) is 0 Å². The van der Waals surface area contributed by atoms with Crippen molar-refractivity contribution < 1.29 is 4.74 Å². The standard InChI is InChI=1S/C18H23NO/c1-15(16-10-6-4-7-11-16)19(2)18(14-20-3)17-12-8-5-9-13-17/h4-13,15,18H,14H2,1-3H3/t15-,18+/m1/s1. The maximum absolute atomic E-state index is 5.42. The van der Waals surface area contributed by atoms with Gasteiger partial charge < -0.3 is 4.74 Å². The lowest BCUT2D eigenvalue weighted by Gasteiger charge is -2.33. The molecule has 0 spiro atoms. The van der Waals surface area contributed by atoms with Crippen LogP contribution in [0.1, 0.15) is 30.1 Å². The molecule has 0 bridgehead atoms. The summed E-state index contributed by atoms with van der Waals surface area (Å²) in [5.74, 6) is 0. The molecule has 0 aliphatic heterocycles. The number of rotatable bonds is 6. The first-order chi connectivity index (χ1) is 9.74. The first-order valence-corrected chi connectivity index (χ1v) is 7.04. The Hall–Kier alpha value is -1.64. The number of likely N-dealkylation sites (N-methyl/N-ethyl adjacent to an activating group) is 1. The van der Waals surface area contributed by atoms with Crippen molar-refractivity contribution in [3.05, 3.63) is 71.8 Å².